The maximum atomic E-state index is 13.5. The number of para-hydroxylation sites is 1. The van der Waals surface area contributed by atoms with E-state index in [9.17, 15) is 4.39 Å². The number of halogens is 2. The molecule has 0 saturated heterocycles. The van der Waals surface area contributed by atoms with Crippen molar-refractivity contribution in [3.63, 3.8) is 0 Å². The van der Waals surface area contributed by atoms with Crippen molar-refractivity contribution in [2.24, 2.45) is 0 Å². The zero-order chi connectivity index (χ0) is 12.3. The highest BCUT2D eigenvalue weighted by molar-refractivity contribution is 6.29. The minimum atomic E-state index is -0.227. The topological polar surface area (TPSA) is 16.1 Å². The summed E-state index contributed by atoms with van der Waals surface area (Å²) in [6.07, 6.45) is 1.65. The molecular weight excluding hydrogens is 239 g/mol. The molecule has 88 valence electrons. The van der Waals surface area contributed by atoms with Crippen molar-refractivity contribution < 1.29 is 4.39 Å². The van der Waals surface area contributed by atoms with Crippen LogP contribution in [0, 0.1) is 5.82 Å². The van der Waals surface area contributed by atoms with Gasteiger partial charge < -0.3 is 4.90 Å². The second kappa shape index (κ2) is 5.15. The normalized spacial score (nSPS) is 10.3. The molecule has 4 heteroatoms. The number of anilines is 1. The Morgan fingerprint density at radius 2 is 2.06 bits per heavy atom. The third-order valence-electron chi connectivity index (χ3n) is 2.47. The van der Waals surface area contributed by atoms with Crippen LogP contribution in [-0.2, 0) is 6.54 Å². The summed E-state index contributed by atoms with van der Waals surface area (Å²) < 4.78 is 13.5. The molecule has 0 aliphatic heterocycles. The first-order chi connectivity index (χ1) is 8.16. The summed E-state index contributed by atoms with van der Waals surface area (Å²) in [7, 11) is 1.84. The van der Waals surface area contributed by atoms with Crippen molar-refractivity contribution in [2.45, 2.75) is 6.54 Å². The van der Waals surface area contributed by atoms with Crippen LogP contribution in [0.5, 0.6) is 0 Å². The molecule has 0 atom stereocenters. The van der Waals surface area contributed by atoms with Gasteiger partial charge in [-0.15, -0.1) is 0 Å². The SMILES string of the molecule is CN(Cc1ccnc(Cl)c1)c1ccccc1F. The van der Waals surface area contributed by atoms with E-state index < -0.39 is 0 Å². The first kappa shape index (κ1) is 11.9. The van der Waals surface area contributed by atoms with Crippen molar-refractivity contribution in [3.05, 3.63) is 59.1 Å². The van der Waals surface area contributed by atoms with Gasteiger partial charge in [0.25, 0.3) is 0 Å². The molecule has 0 aliphatic rings. The minimum absolute atomic E-state index is 0.227. The number of nitrogens with zero attached hydrogens (tertiary/aromatic N) is 2. The summed E-state index contributed by atoms with van der Waals surface area (Å²) in [6, 6.07) is 10.3. The van der Waals surface area contributed by atoms with Crippen LogP contribution in [0.4, 0.5) is 10.1 Å². The van der Waals surface area contributed by atoms with Crippen LogP contribution in [0.1, 0.15) is 5.56 Å². The van der Waals surface area contributed by atoms with Crippen molar-refractivity contribution >= 4 is 17.3 Å². The largest absolute Gasteiger partial charge is 0.368 e. The summed E-state index contributed by atoms with van der Waals surface area (Å²) in [4.78, 5) is 5.74. The summed E-state index contributed by atoms with van der Waals surface area (Å²) in [5.74, 6) is -0.227. The Bertz CT molecular complexity index is 516. The van der Waals surface area contributed by atoms with Crippen LogP contribution >= 0.6 is 11.6 Å². The number of benzene rings is 1. The van der Waals surface area contributed by atoms with E-state index in [2.05, 4.69) is 4.98 Å². The Balaban J connectivity index is 2.17. The molecule has 0 aliphatic carbocycles. The first-order valence-corrected chi connectivity index (χ1v) is 5.61. The average molecular weight is 251 g/mol. The van der Waals surface area contributed by atoms with E-state index in [1.807, 2.05) is 24.1 Å². The third kappa shape index (κ3) is 2.94. The summed E-state index contributed by atoms with van der Waals surface area (Å²) in [6.45, 7) is 0.586. The lowest BCUT2D eigenvalue weighted by Crippen LogP contribution is -2.17. The molecule has 0 fully saturated rings. The highest BCUT2D eigenvalue weighted by Gasteiger charge is 2.07. The van der Waals surface area contributed by atoms with Crippen molar-refractivity contribution in [1.29, 1.82) is 0 Å². The molecule has 0 N–H and O–H groups in total. The average Bonchev–Trinajstić information content (AvgIpc) is 2.29. The molecule has 1 heterocycles. The predicted octanol–water partition coefficient (Wildman–Crippen LogP) is 3.51. The van der Waals surface area contributed by atoms with Crippen molar-refractivity contribution in [2.75, 3.05) is 11.9 Å². The van der Waals surface area contributed by atoms with Crippen LogP contribution in [-0.4, -0.2) is 12.0 Å². The lowest BCUT2D eigenvalue weighted by atomic mass is 10.2. The van der Waals surface area contributed by atoms with Crippen LogP contribution in [0.15, 0.2) is 42.6 Å². The highest BCUT2D eigenvalue weighted by atomic mass is 35.5. The zero-order valence-electron chi connectivity index (χ0n) is 9.40. The van der Waals surface area contributed by atoms with Gasteiger partial charge in [-0.3, -0.25) is 0 Å². The van der Waals surface area contributed by atoms with Crippen LogP contribution in [0.25, 0.3) is 0 Å². The molecule has 2 rings (SSSR count). The lowest BCUT2D eigenvalue weighted by molar-refractivity contribution is 0.622. The van der Waals surface area contributed by atoms with Gasteiger partial charge in [0.05, 0.1) is 5.69 Å². The van der Waals surface area contributed by atoms with E-state index in [1.165, 1.54) is 6.07 Å². The number of aromatic nitrogens is 1. The predicted molar refractivity (Wildman–Crippen MR) is 67.8 cm³/mol. The summed E-state index contributed by atoms with van der Waals surface area (Å²) in [5, 5.41) is 0.449. The molecule has 0 saturated carbocycles. The van der Waals surface area contributed by atoms with Crippen molar-refractivity contribution in [3.8, 4) is 0 Å². The van der Waals surface area contributed by atoms with Crippen LogP contribution in [0.2, 0.25) is 5.15 Å². The fourth-order valence-electron chi connectivity index (χ4n) is 1.66. The van der Waals surface area contributed by atoms with E-state index in [0.717, 1.165) is 5.56 Å². The molecule has 0 spiro atoms. The Morgan fingerprint density at radius 1 is 1.29 bits per heavy atom. The zero-order valence-corrected chi connectivity index (χ0v) is 10.2. The molecule has 0 unspecified atom stereocenters. The van der Waals surface area contributed by atoms with Gasteiger partial charge in [-0.2, -0.15) is 0 Å². The van der Waals surface area contributed by atoms with Gasteiger partial charge in [0.2, 0.25) is 0 Å². The molecule has 0 amide bonds. The van der Waals surface area contributed by atoms with Crippen LogP contribution < -0.4 is 4.90 Å². The van der Waals surface area contributed by atoms with Gasteiger partial charge in [-0.1, -0.05) is 23.7 Å². The second-order valence-corrected chi connectivity index (χ2v) is 4.18. The number of hydrogen-bond donors (Lipinski definition) is 0. The van der Waals surface area contributed by atoms with Crippen molar-refractivity contribution in [1.82, 2.24) is 4.98 Å². The maximum Gasteiger partial charge on any atom is 0.146 e. The Kier molecular flexibility index (Phi) is 3.59. The quantitative estimate of drug-likeness (QED) is 0.775. The smallest absolute Gasteiger partial charge is 0.146 e. The van der Waals surface area contributed by atoms with Gasteiger partial charge in [0.15, 0.2) is 0 Å². The molecular formula is C13H12ClFN2. The van der Waals surface area contributed by atoms with Gasteiger partial charge in [0.1, 0.15) is 11.0 Å². The lowest BCUT2D eigenvalue weighted by Gasteiger charge is -2.19. The van der Waals surface area contributed by atoms with E-state index in [-0.39, 0.29) is 5.82 Å². The number of pyridine rings is 1. The van der Waals surface area contributed by atoms with E-state index >= 15 is 0 Å². The molecule has 2 nitrogen and oxygen atoms in total. The van der Waals surface area contributed by atoms with Gasteiger partial charge in [-0.05, 0) is 29.8 Å². The Morgan fingerprint density at radius 3 is 2.76 bits per heavy atom. The first-order valence-electron chi connectivity index (χ1n) is 5.23. The number of rotatable bonds is 3. The summed E-state index contributed by atoms with van der Waals surface area (Å²) in [5.41, 5.74) is 1.57. The molecule has 1 aromatic heterocycles. The van der Waals surface area contributed by atoms with E-state index in [4.69, 9.17) is 11.6 Å². The van der Waals surface area contributed by atoms with Gasteiger partial charge in [-0.25, -0.2) is 9.37 Å². The molecule has 17 heavy (non-hydrogen) atoms. The van der Waals surface area contributed by atoms with Gasteiger partial charge >= 0.3 is 0 Å². The van der Waals surface area contributed by atoms with E-state index in [0.29, 0.717) is 17.4 Å². The Hall–Kier alpha value is -1.61. The van der Waals surface area contributed by atoms with Gasteiger partial charge in [0, 0.05) is 19.8 Å². The molecule has 0 radical (unpaired) electrons. The fourth-order valence-corrected chi connectivity index (χ4v) is 1.86. The molecule has 0 bridgehead atoms. The number of hydrogen-bond acceptors (Lipinski definition) is 2. The second-order valence-electron chi connectivity index (χ2n) is 3.79. The van der Waals surface area contributed by atoms with Crippen LogP contribution in [0.3, 0.4) is 0 Å². The van der Waals surface area contributed by atoms with E-state index in [1.54, 1.807) is 24.4 Å². The summed E-state index contributed by atoms with van der Waals surface area (Å²) >= 11 is 5.80. The third-order valence-corrected chi connectivity index (χ3v) is 2.68. The monoisotopic (exact) mass is 250 g/mol. The molecule has 2 aromatic rings. The fraction of sp³-hybridized carbons (Fsp3) is 0.154. The molecule has 1 aromatic carbocycles. The minimum Gasteiger partial charge on any atom is -0.368 e. The Labute approximate surface area is 105 Å². The highest BCUT2D eigenvalue weighted by Crippen LogP contribution is 2.19. The maximum absolute atomic E-state index is 13.5. The standard InChI is InChI=1S/C13H12ClFN2/c1-17(12-5-3-2-4-11(12)15)9-10-6-7-16-13(14)8-10/h2-8H,9H2,1H3.